The van der Waals surface area contributed by atoms with E-state index in [4.69, 9.17) is 4.74 Å². The molecule has 33 heavy (non-hydrogen) atoms. The van der Waals surface area contributed by atoms with Crippen LogP contribution >= 0.6 is 0 Å². The molecule has 0 aromatic heterocycles. The molecule has 3 aromatic carbocycles. The van der Waals surface area contributed by atoms with E-state index in [0.717, 1.165) is 40.3 Å². The van der Waals surface area contributed by atoms with Gasteiger partial charge in [0.05, 0.1) is 17.7 Å². The number of rotatable bonds is 4. The van der Waals surface area contributed by atoms with Crippen LogP contribution in [0.15, 0.2) is 66.2 Å². The number of hydrogen-bond donors (Lipinski definition) is 1. The molecule has 1 amide bonds. The van der Waals surface area contributed by atoms with Gasteiger partial charge in [-0.25, -0.2) is 0 Å². The third-order valence-electron chi connectivity index (χ3n) is 6.86. The second-order valence-corrected chi connectivity index (χ2v) is 8.95. The predicted octanol–water partition coefficient (Wildman–Crippen LogP) is 5.06. The molecule has 2 unspecified atom stereocenters. The van der Waals surface area contributed by atoms with Crippen LogP contribution in [0.5, 0.6) is 0 Å². The summed E-state index contributed by atoms with van der Waals surface area (Å²) in [5, 5.41) is 13.3. The zero-order valence-corrected chi connectivity index (χ0v) is 18.9. The molecule has 168 valence electrons. The lowest BCUT2D eigenvalue weighted by atomic mass is 9.91. The predicted molar refractivity (Wildman–Crippen MR) is 128 cm³/mol. The molecule has 2 aliphatic rings. The van der Waals surface area contributed by atoms with Crippen molar-refractivity contribution in [1.29, 1.82) is 0 Å². The van der Waals surface area contributed by atoms with E-state index < -0.39 is 17.7 Å². The molecule has 0 saturated carbocycles. The van der Waals surface area contributed by atoms with Crippen LogP contribution in [-0.4, -0.2) is 41.0 Å². The molecule has 2 aliphatic heterocycles. The Labute approximate surface area is 193 Å². The van der Waals surface area contributed by atoms with Gasteiger partial charge in [-0.3, -0.25) is 9.59 Å². The Morgan fingerprint density at radius 2 is 1.82 bits per heavy atom. The van der Waals surface area contributed by atoms with Gasteiger partial charge in [-0.05, 0) is 60.2 Å². The topological polar surface area (TPSA) is 66.8 Å². The summed E-state index contributed by atoms with van der Waals surface area (Å²) in [4.78, 5) is 28.2. The van der Waals surface area contributed by atoms with E-state index >= 15 is 0 Å². The minimum absolute atomic E-state index is 0.109. The Bertz CT molecular complexity index is 1280. The second kappa shape index (κ2) is 8.49. The number of aryl methyl sites for hydroxylation is 2. The van der Waals surface area contributed by atoms with Gasteiger partial charge >= 0.3 is 0 Å². The Balaban J connectivity index is 1.71. The van der Waals surface area contributed by atoms with E-state index in [1.54, 1.807) is 11.0 Å². The molecule has 2 atom stereocenters. The van der Waals surface area contributed by atoms with Crippen molar-refractivity contribution in [3.05, 3.63) is 88.5 Å². The van der Waals surface area contributed by atoms with Crippen LogP contribution in [-0.2, 0) is 14.3 Å². The SMILES string of the molecule is Cc1ccc(/C(O)=C2/C(=O)C(=O)N(CC3CCCO3)C2c2cccc3ccccc23)cc1C. The van der Waals surface area contributed by atoms with Crippen LogP contribution in [0.3, 0.4) is 0 Å². The molecule has 0 radical (unpaired) electrons. The first kappa shape index (κ1) is 21.4. The maximum atomic E-state index is 13.3. The number of fused-ring (bicyclic) bond motifs is 1. The molecule has 0 spiro atoms. The number of benzene rings is 3. The summed E-state index contributed by atoms with van der Waals surface area (Å²) < 4.78 is 5.80. The summed E-state index contributed by atoms with van der Waals surface area (Å²) in [6.45, 7) is 4.94. The summed E-state index contributed by atoms with van der Waals surface area (Å²) in [5.74, 6) is -1.38. The Kier molecular flexibility index (Phi) is 5.51. The number of aliphatic hydroxyl groups excluding tert-OH is 1. The zero-order chi connectivity index (χ0) is 23.1. The standard InChI is InChI=1S/C28H27NO4/c1-17-12-13-20(15-18(17)2)26(30)24-25(23-11-5-8-19-7-3-4-10-22(19)23)29(28(32)27(24)31)16-21-9-6-14-33-21/h3-5,7-8,10-13,15,21,25,30H,6,9,14,16H2,1-2H3/b26-24-. The number of aliphatic hydroxyl groups is 1. The monoisotopic (exact) mass is 441 g/mol. The van der Waals surface area contributed by atoms with Crippen LogP contribution in [0, 0.1) is 13.8 Å². The van der Waals surface area contributed by atoms with Crippen LogP contribution < -0.4 is 0 Å². The highest BCUT2D eigenvalue weighted by atomic mass is 16.5. The lowest BCUT2D eigenvalue weighted by molar-refractivity contribution is -0.140. The number of carbonyl (C=O) groups excluding carboxylic acids is 2. The molecular weight excluding hydrogens is 414 g/mol. The van der Waals surface area contributed by atoms with Crippen LogP contribution in [0.2, 0.25) is 0 Å². The highest BCUT2D eigenvalue weighted by molar-refractivity contribution is 6.46. The lowest BCUT2D eigenvalue weighted by Gasteiger charge is -2.28. The third kappa shape index (κ3) is 3.72. The average Bonchev–Trinajstić information content (AvgIpc) is 3.42. The molecule has 0 bridgehead atoms. The Morgan fingerprint density at radius 1 is 1.03 bits per heavy atom. The number of ketones is 1. The van der Waals surface area contributed by atoms with Gasteiger partial charge in [0.25, 0.3) is 11.7 Å². The van der Waals surface area contributed by atoms with Crippen molar-refractivity contribution in [3.8, 4) is 0 Å². The minimum atomic E-state index is -0.679. The number of ether oxygens (including phenoxy) is 1. The van der Waals surface area contributed by atoms with Crippen molar-refractivity contribution in [2.45, 2.75) is 38.8 Å². The van der Waals surface area contributed by atoms with E-state index in [2.05, 4.69) is 0 Å². The summed E-state index contributed by atoms with van der Waals surface area (Å²) in [5.41, 5.74) is 3.61. The minimum Gasteiger partial charge on any atom is -0.507 e. The number of hydrogen-bond acceptors (Lipinski definition) is 4. The molecule has 5 rings (SSSR count). The van der Waals surface area contributed by atoms with Gasteiger partial charge in [-0.1, -0.05) is 54.6 Å². The van der Waals surface area contributed by atoms with Gasteiger partial charge in [0.1, 0.15) is 5.76 Å². The lowest BCUT2D eigenvalue weighted by Crippen LogP contribution is -2.36. The number of Topliss-reactive ketones (excluding diaryl/α,β-unsaturated/α-hetero) is 1. The first-order chi connectivity index (χ1) is 16.0. The van der Waals surface area contributed by atoms with Gasteiger partial charge in [0.2, 0.25) is 0 Å². The zero-order valence-electron chi connectivity index (χ0n) is 18.9. The number of carbonyl (C=O) groups is 2. The highest BCUT2D eigenvalue weighted by Gasteiger charge is 2.47. The Morgan fingerprint density at radius 3 is 2.58 bits per heavy atom. The fraction of sp³-hybridized carbons (Fsp3) is 0.286. The van der Waals surface area contributed by atoms with Crippen molar-refractivity contribution in [2.24, 2.45) is 0 Å². The molecule has 5 heteroatoms. The maximum absolute atomic E-state index is 13.3. The van der Waals surface area contributed by atoms with Crippen LogP contribution in [0.1, 0.15) is 41.1 Å². The molecule has 1 N–H and O–H groups in total. The largest absolute Gasteiger partial charge is 0.507 e. The highest BCUT2D eigenvalue weighted by Crippen LogP contribution is 2.42. The van der Waals surface area contributed by atoms with E-state index in [0.29, 0.717) is 18.7 Å². The van der Waals surface area contributed by atoms with Gasteiger partial charge in [-0.15, -0.1) is 0 Å². The van der Waals surface area contributed by atoms with Crippen molar-refractivity contribution in [2.75, 3.05) is 13.2 Å². The summed E-state index contributed by atoms with van der Waals surface area (Å²) in [6.07, 6.45) is 1.68. The maximum Gasteiger partial charge on any atom is 0.295 e. The van der Waals surface area contributed by atoms with Gasteiger partial charge in [-0.2, -0.15) is 0 Å². The van der Waals surface area contributed by atoms with Crippen molar-refractivity contribution < 1.29 is 19.4 Å². The Hall–Kier alpha value is -3.44. The average molecular weight is 442 g/mol. The molecule has 3 aromatic rings. The summed E-state index contributed by atoms with van der Waals surface area (Å²) in [7, 11) is 0. The van der Waals surface area contributed by atoms with E-state index in [9.17, 15) is 14.7 Å². The number of nitrogens with zero attached hydrogens (tertiary/aromatic N) is 1. The van der Waals surface area contributed by atoms with Crippen molar-refractivity contribution in [3.63, 3.8) is 0 Å². The summed E-state index contributed by atoms with van der Waals surface area (Å²) >= 11 is 0. The van der Waals surface area contributed by atoms with Gasteiger partial charge in [0, 0.05) is 18.7 Å². The van der Waals surface area contributed by atoms with Gasteiger partial charge in [0.15, 0.2) is 0 Å². The molecular formula is C28H27NO4. The first-order valence-electron chi connectivity index (χ1n) is 11.4. The third-order valence-corrected chi connectivity index (χ3v) is 6.86. The molecule has 0 aliphatic carbocycles. The second-order valence-electron chi connectivity index (χ2n) is 8.95. The smallest absolute Gasteiger partial charge is 0.295 e. The fourth-order valence-corrected chi connectivity index (χ4v) is 4.93. The van der Waals surface area contributed by atoms with E-state index in [1.807, 2.05) is 68.4 Å². The van der Waals surface area contributed by atoms with Gasteiger partial charge < -0.3 is 14.7 Å². The van der Waals surface area contributed by atoms with Crippen molar-refractivity contribution >= 4 is 28.2 Å². The number of likely N-dealkylation sites (tertiary alicyclic amines) is 1. The normalized spacial score (nSPS) is 22.4. The molecule has 2 saturated heterocycles. The summed E-state index contributed by atoms with van der Waals surface area (Å²) in [6, 6.07) is 18.7. The molecule has 2 heterocycles. The van der Waals surface area contributed by atoms with Crippen molar-refractivity contribution in [1.82, 2.24) is 4.90 Å². The first-order valence-corrected chi connectivity index (χ1v) is 11.4. The van der Waals surface area contributed by atoms with E-state index in [-0.39, 0.29) is 17.4 Å². The molecule has 2 fully saturated rings. The van der Waals surface area contributed by atoms with Crippen LogP contribution in [0.25, 0.3) is 16.5 Å². The van der Waals surface area contributed by atoms with E-state index in [1.165, 1.54) is 0 Å². The quantitative estimate of drug-likeness (QED) is 0.349. The fourth-order valence-electron chi connectivity index (χ4n) is 4.93. The molecule has 5 nitrogen and oxygen atoms in total. The van der Waals surface area contributed by atoms with Crippen LogP contribution in [0.4, 0.5) is 0 Å². The number of amides is 1.